The van der Waals surface area contributed by atoms with Gasteiger partial charge in [0.1, 0.15) is 5.54 Å². The topological polar surface area (TPSA) is 67.2 Å². The molecule has 0 fully saturated rings. The normalized spacial score (nSPS) is 14.6. The number of hydrogen-bond donors (Lipinski definition) is 2. The highest BCUT2D eigenvalue weighted by molar-refractivity contribution is 5.78. The first-order chi connectivity index (χ1) is 7.58. The summed E-state index contributed by atoms with van der Waals surface area (Å²) >= 11 is 0. The smallest absolute Gasteiger partial charge is 0.323 e. The van der Waals surface area contributed by atoms with Crippen LogP contribution in [0.3, 0.4) is 0 Å². The van der Waals surface area contributed by atoms with E-state index in [1.165, 1.54) is 0 Å². The van der Waals surface area contributed by atoms with Crippen molar-refractivity contribution in [2.24, 2.45) is 0 Å². The van der Waals surface area contributed by atoms with E-state index in [0.29, 0.717) is 13.0 Å². The van der Waals surface area contributed by atoms with Gasteiger partial charge in [0.15, 0.2) is 0 Å². The third-order valence-electron chi connectivity index (χ3n) is 2.66. The Balaban J connectivity index is 2.41. The molecule has 1 aromatic heterocycles. The zero-order chi connectivity index (χ0) is 12.0. The summed E-state index contributed by atoms with van der Waals surface area (Å²) in [6.07, 6.45) is 4.99. The molecule has 5 heteroatoms. The van der Waals surface area contributed by atoms with E-state index in [4.69, 9.17) is 5.11 Å². The number of aliphatic carboxylic acids is 1. The summed E-state index contributed by atoms with van der Waals surface area (Å²) in [4.78, 5) is 11.1. The second-order valence-electron chi connectivity index (χ2n) is 4.04. The number of carboxylic acids is 1. The van der Waals surface area contributed by atoms with Gasteiger partial charge in [0.05, 0.1) is 0 Å². The first kappa shape index (κ1) is 12.7. The lowest BCUT2D eigenvalue weighted by molar-refractivity contribution is -0.144. The third-order valence-corrected chi connectivity index (χ3v) is 2.66. The van der Waals surface area contributed by atoms with Crippen molar-refractivity contribution in [1.29, 1.82) is 0 Å². The Kier molecular flexibility index (Phi) is 4.49. The average molecular weight is 225 g/mol. The van der Waals surface area contributed by atoms with Crippen LogP contribution in [0.2, 0.25) is 0 Å². The molecular formula is C11H19N3O2. The van der Waals surface area contributed by atoms with E-state index in [0.717, 1.165) is 13.0 Å². The number of likely N-dealkylation sites (N-methyl/N-ethyl adjacent to an activating group) is 1. The van der Waals surface area contributed by atoms with Crippen molar-refractivity contribution in [3.8, 4) is 0 Å². The number of carbonyl (C=O) groups is 1. The van der Waals surface area contributed by atoms with E-state index in [2.05, 4.69) is 10.4 Å². The maximum Gasteiger partial charge on any atom is 0.323 e. The maximum absolute atomic E-state index is 11.1. The number of nitrogens with zero attached hydrogens (tertiary/aromatic N) is 2. The zero-order valence-electron chi connectivity index (χ0n) is 9.81. The molecule has 0 aliphatic heterocycles. The standard InChI is InChI=1S/C11H19N3O2/c1-3-12-11(2,10(15)16)6-4-8-14-9-5-7-13-14/h5,7,9,12H,3-4,6,8H2,1-2H3,(H,15,16). The number of carboxylic acid groups (broad SMARTS) is 1. The molecule has 5 nitrogen and oxygen atoms in total. The SMILES string of the molecule is CCNC(C)(CCCn1cccn1)C(=O)O. The molecule has 0 aromatic carbocycles. The van der Waals surface area contributed by atoms with Crippen LogP contribution in [0.25, 0.3) is 0 Å². The Bertz CT molecular complexity index is 324. The molecular weight excluding hydrogens is 206 g/mol. The molecule has 2 N–H and O–H groups in total. The lowest BCUT2D eigenvalue weighted by atomic mass is 9.96. The predicted molar refractivity (Wildman–Crippen MR) is 61.2 cm³/mol. The Hall–Kier alpha value is -1.36. The number of nitrogens with one attached hydrogen (secondary N) is 1. The van der Waals surface area contributed by atoms with Crippen LogP contribution in [0.5, 0.6) is 0 Å². The van der Waals surface area contributed by atoms with Crippen molar-refractivity contribution in [2.75, 3.05) is 6.54 Å². The molecule has 16 heavy (non-hydrogen) atoms. The first-order valence-electron chi connectivity index (χ1n) is 5.54. The fourth-order valence-corrected chi connectivity index (χ4v) is 1.69. The summed E-state index contributed by atoms with van der Waals surface area (Å²) in [6, 6.07) is 1.86. The lowest BCUT2D eigenvalue weighted by Crippen LogP contribution is -2.49. The van der Waals surface area contributed by atoms with E-state index in [1.54, 1.807) is 13.1 Å². The monoisotopic (exact) mass is 225 g/mol. The molecule has 0 aliphatic carbocycles. The number of hydrogen-bond acceptors (Lipinski definition) is 3. The van der Waals surface area contributed by atoms with Gasteiger partial charge in [0.2, 0.25) is 0 Å². The molecule has 1 atom stereocenters. The molecule has 1 rings (SSSR count). The van der Waals surface area contributed by atoms with Crippen molar-refractivity contribution in [1.82, 2.24) is 15.1 Å². The number of rotatable bonds is 7. The number of aryl methyl sites for hydroxylation is 1. The summed E-state index contributed by atoms with van der Waals surface area (Å²) in [5.74, 6) is -0.796. The lowest BCUT2D eigenvalue weighted by Gasteiger charge is -2.25. The molecule has 90 valence electrons. The molecule has 0 spiro atoms. The second-order valence-corrected chi connectivity index (χ2v) is 4.04. The Morgan fingerprint density at radius 1 is 1.62 bits per heavy atom. The van der Waals surface area contributed by atoms with Gasteiger partial charge in [-0.3, -0.25) is 9.48 Å². The van der Waals surface area contributed by atoms with Gasteiger partial charge in [-0.15, -0.1) is 0 Å². The molecule has 0 amide bonds. The van der Waals surface area contributed by atoms with E-state index in [9.17, 15) is 4.79 Å². The average Bonchev–Trinajstić information content (AvgIpc) is 2.70. The van der Waals surface area contributed by atoms with Crippen molar-refractivity contribution < 1.29 is 9.90 Å². The van der Waals surface area contributed by atoms with Crippen LogP contribution in [-0.4, -0.2) is 32.9 Å². The molecule has 0 saturated heterocycles. The Morgan fingerprint density at radius 2 is 2.38 bits per heavy atom. The largest absolute Gasteiger partial charge is 0.480 e. The summed E-state index contributed by atoms with van der Waals surface area (Å²) in [7, 11) is 0. The second kappa shape index (κ2) is 5.65. The fraction of sp³-hybridized carbons (Fsp3) is 0.636. The van der Waals surface area contributed by atoms with Gasteiger partial charge < -0.3 is 10.4 Å². The predicted octanol–water partition coefficient (Wildman–Crippen LogP) is 1.12. The minimum atomic E-state index is -0.831. The molecule has 0 bridgehead atoms. The Morgan fingerprint density at radius 3 is 2.88 bits per heavy atom. The van der Waals surface area contributed by atoms with Gasteiger partial charge in [0.25, 0.3) is 0 Å². The van der Waals surface area contributed by atoms with Crippen LogP contribution in [0.1, 0.15) is 26.7 Å². The first-order valence-corrected chi connectivity index (χ1v) is 5.54. The van der Waals surface area contributed by atoms with E-state index < -0.39 is 11.5 Å². The van der Waals surface area contributed by atoms with Crippen molar-refractivity contribution >= 4 is 5.97 Å². The van der Waals surface area contributed by atoms with Gasteiger partial charge in [0, 0.05) is 18.9 Å². The van der Waals surface area contributed by atoms with Gasteiger partial charge in [-0.25, -0.2) is 0 Å². The summed E-state index contributed by atoms with van der Waals surface area (Å²) in [6.45, 7) is 5.04. The minimum Gasteiger partial charge on any atom is -0.480 e. The minimum absolute atomic E-state index is 0.593. The number of aromatic nitrogens is 2. The maximum atomic E-state index is 11.1. The third kappa shape index (κ3) is 3.34. The van der Waals surface area contributed by atoms with Crippen molar-refractivity contribution in [2.45, 2.75) is 38.8 Å². The van der Waals surface area contributed by atoms with Crippen LogP contribution < -0.4 is 5.32 Å². The molecule has 1 heterocycles. The van der Waals surface area contributed by atoms with Gasteiger partial charge >= 0.3 is 5.97 Å². The van der Waals surface area contributed by atoms with E-state index >= 15 is 0 Å². The summed E-state index contributed by atoms with van der Waals surface area (Å²) in [5.41, 5.74) is -0.831. The summed E-state index contributed by atoms with van der Waals surface area (Å²) < 4.78 is 1.81. The van der Waals surface area contributed by atoms with E-state index in [1.807, 2.05) is 23.9 Å². The summed E-state index contributed by atoms with van der Waals surface area (Å²) in [5, 5.41) is 16.2. The quantitative estimate of drug-likeness (QED) is 0.729. The van der Waals surface area contributed by atoms with Crippen LogP contribution in [0, 0.1) is 0 Å². The highest BCUT2D eigenvalue weighted by Gasteiger charge is 2.31. The van der Waals surface area contributed by atoms with Gasteiger partial charge in [-0.2, -0.15) is 5.10 Å². The Labute approximate surface area is 95.5 Å². The highest BCUT2D eigenvalue weighted by atomic mass is 16.4. The van der Waals surface area contributed by atoms with Crippen LogP contribution in [0.4, 0.5) is 0 Å². The van der Waals surface area contributed by atoms with Crippen LogP contribution in [0.15, 0.2) is 18.5 Å². The molecule has 0 radical (unpaired) electrons. The molecule has 1 unspecified atom stereocenters. The van der Waals surface area contributed by atoms with E-state index in [-0.39, 0.29) is 0 Å². The van der Waals surface area contributed by atoms with Crippen molar-refractivity contribution in [3.63, 3.8) is 0 Å². The van der Waals surface area contributed by atoms with Gasteiger partial charge in [-0.05, 0) is 32.4 Å². The molecule has 0 aliphatic rings. The highest BCUT2D eigenvalue weighted by Crippen LogP contribution is 2.13. The zero-order valence-corrected chi connectivity index (χ0v) is 9.81. The van der Waals surface area contributed by atoms with Crippen LogP contribution in [-0.2, 0) is 11.3 Å². The fourth-order valence-electron chi connectivity index (χ4n) is 1.69. The molecule has 0 saturated carbocycles. The van der Waals surface area contributed by atoms with Crippen molar-refractivity contribution in [3.05, 3.63) is 18.5 Å². The van der Waals surface area contributed by atoms with Crippen LogP contribution >= 0.6 is 0 Å². The molecule has 1 aromatic rings. The van der Waals surface area contributed by atoms with Gasteiger partial charge in [-0.1, -0.05) is 6.92 Å².